The van der Waals surface area contributed by atoms with E-state index in [4.69, 9.17) is 11.6 Å². The van der Waals surface area contributed by atoms with Crippen molar-refractivity contribution in [2.45, 2.75) is 31.7 Å². The number of carbonyl (C=O) groups is 1. The van der Waals surface area contributed by atoms with Crippen LogP contribution in [-0.4, -0.2) is 15.9 Å². The highest BCUT2D eigenvalue weighted by Gasteiger charge is 2.08. The number of carbonyl (C=O) groups excluding carboxylic acids is 1. The van der Waals surface area contributed by atoms with Crippen molar-refractivity contribution in [1.29, 1.82) is 0 Å². The molecule has 1 amide bonds. The number of hydrogen-bond donors (Lipinski definition) is 1. The van der Waals surface area contributed by atoms with Gasteiger partial charge in [-0.25, -0.2) is 9.97 Å². The quantitative estimate of drug-likeness (QED) is 0.449. The van der Waals surface area contributed by atoms with Gasteiger partial charge in [0.2, 0.25) is 0 Å². The molecule has 3 rings (SSSR count). The minimum Gasteiger partial charge on any atom is -0.322 e. The van der Waals surface area contributed by atoms with Gasteiger partial charge in [-0.1, -0.05) is 41.6 Å². The number of halogens is 1. The van der Waals surface area contributed by atoms with Gasteiger partial charge in [-0.3, -0.25) is 4.79 Å². The molecular formula is C21H20ClN3OS. The Morgan fingerprint density at radius 2 is 1.67 bits per heavy atom. The van der Waals surface area contributed by atoms with Gasteiger partial charge in [0.15, 0.2) is 5.16 Å². The third kappa shape index (κ3) is 5.31. The second kappa shape index (κ2) is 8.55. The van der Waals surface area contributed by atoms with Crippen LogP contribution in [0.3, 0.4) is 0 Å². The molecule has 27 heavy (non-hydrogen) atoms. The van der Waals surface area contributed by atoms with Crippen LogP contribution in [-0.2, 0) is 5.75 Å². The average molecular weight is 398 g/mol. The van der Waals surface area contributed by atoms with E-state index in [0.717, 1.165) is 33.4 Å². The van der Waals surface area contributed by atoms with E-state index in [2.05, 4.69) is 15.3 Å². The highest BCUT2D eigenvalue weighted by molar-refractivity contribution is 7.98. The van der Waals surface area contributed by atoms with Gasteiger partial charge in [0.05, 0.1) is 0 Å². The van der Waals surface area contributed by atoms with Crippen molar-refractivity contribution in [3.63, 3.8) is 0 Å². The molecule has 1 N–H and O–H groups in total. The molecule has 0 aliphatic carbocycles. The van der Waals surface area contributed by atoms with E-state index in [-0.39, 0.29) is 5.91 Å². The first kappa shape index (κ1) is 19.4. The zero-order valence-electron chi connectivity index (χ0n) is 15.4. The lowest BCUT2D eigenvalue weighted by Crippen LogP contribution is -2.11. The summed E-state index contributed by atoms with van der Waals surface area (Å²) < 4.78 is 0. The summed E-state index contributed by atoms with van der Waals surface area (Å²) >= 11 is 7.69. The fourth-order valence-corrected chi connectivity index (χ4v) is 3.62. The normalized spacial score (nSPS) is 10.7. The van der Waals surface area contributed by atoms with Gasteiger partial charge >= 0.3 is 0 Å². The summed E-state index contributed by atoms with van der Waals surface area (Å²) in [6.45, 7) is 5.86. The van der Waals surface area contributed by atoms with Gasteiger partial charge in [0, 0.05) is 33.4 Å². The van der Waals surface area contributed by atoms with Crippen molar-refractivity contribution < 1.29 is 4.79 Å². The third-order valence-corrected chi connectivity index (χ3v) is 5.30. The summed E-state index contributed by atoms with van der Waals surface area (Å²) in [7, 11) is 0. The van der Waals surface area contributed by atoms with Gasteiger partial charge in [-0.05, 0) is 62.2 Å². The standard InChI is InChI=1S/C21H20ClN3OS/c1-13-4-9-18(11-19(13)22)25-20(26)17-7-5-16(6-8-17)12-27-21-23-14(2)10-15(3)24-21/h4-11H,12H2,1-3H3,(H,25,26). The fraction of sp³-hybridized carbons (Fsp3) is 0.190. The third-order valence-electron chi connectivity index (χ3n) is 3.98. The lowest BCUT2D eigenvalue weighted by molar-refractivity contribution is 0.102. The van der Waals surface area contributed by atoms with E-state index in [9.17, 15) is 4.79 Å². The fourth-order valence-electron chi connectivity index (χ4n) is 2.53. The summed E-state index contributed by atoms with van der Waals surface area (Å²) in [5.41, 5.74) is 5.30. The smallest absolute Gasteiger partial charge is 0.255 e. The van der Waals surface area contributed by atoms with E-state index < -0.39 is 0 Å². The van der Waals surface area contributed by atoms with Crippen LogP contribution in [0.2, 0.25) is 5.02 Å². The number of thioether (sulfide) groups is 1. The number of rotatable bonds is 5. The van der Waals surface area contributed by atoms with Crippen LogP contribution < -0.4 is 5.32 Å². The lowest BCUT2D eigenvalue weighted by Gasteiger charge is -2.08. The Morgan fingerprint density at radius 1 is 1.00 bits per heavy atom. The summed E-state index contributed by atoms with van der Waals surface area (Å²) in [6.07, 6.45) is 0. The average Bonchev–Trinajstić information content (AvgIpc) is 2.63. The molecule has 0 fully saturated rings. The first-order valence-electron chi connectivity index (χ1n) is 8.52. The number of aryl methyl sites for hydroxylation is 3. The molecule has 1 heterocycles. The zero-order valence-corrected chi connectivity index (χ0v) is 17.0. The van der Waals surface area contributed by atoms with E-state index in [1.54, 1.807) is 17.8 Å². The Balaban J connectivity index is 1.62. The predicted octanol–water partition coefficient (Wildman–Crippen LogP) is 5.60. The van der Waals surface area contributed by atoms with Crippen LogP contribution >= 0.6 is 23.4 Å². The van der Waals surface area contributed by atoms with Crippen molar-refractivity contribution >= 4 is 35.0 Å². The number of amides is 1. The SMILES string of the molecule is Cc1cc(C)nc(SCc2ccc(C(=O)Nc3ccc(C)c(Cl)c3)cc2)n1. The number of nitrogens with zero attached hydrogens (tertiary/aromatic N) is 2. The minimum atomic E-state index is -0.160. The first-order valence-corrected chi connectivity index (χ1v) is 9.88. The molecule has 1 aromatic heterocycles. The maximum absolute atomic E-state index is 12.4. The molecule has 0 aliphatic heterocycles. The molecule has 0 spiro atoms. The lowest BCUT2D eigenvalue weighted by atomic mass is 10.1. The van der Waals surface area contributed by atoms with Crippen LogP contribution in [0.15, 0.2) is 53.7 Å². The largest absolute Gasteiger partial charge is 0.322 e. The zero-order chi connectivity index (χ0) is 19.4. The van der Waals surface area contributed by atoms with Crippen molar-refractivity contribution in [2.75, 3.05) is 5.32 Å². The van der Waals surface area contributed by atoms with Crippen molar-refractivity contribution in [2.24, 2.45) is 0 Å². The van der Waals surface area contributed by atoms with Crippen molar-refractivity contribution in [3.05, 3.63) is 81.6 Å². The summed E-state index contributed by atoms with van der Waals surface area (Å²) in [6, 6.07) is 15.0. The molecule has 0 bridgehead atoms. The van der Waals surface area contributed by atoms with Crippen LogP contribution in [0.4, 0.5) is 5.69 Å². The molecule has 138 valence electrons. The Morgan fingerprint density at radius 3 is 2.30 bits per heavy atom. The predicted molar refractivity (Wildman–Crippen MR) is 112 cm³/mol. The number of nitrogens with one attached hydrogen (secondary N) is 1. The molecule has 2 aromatic carbocycles. The maximum atomic E-state index is 12.4. The summed E-state index contributed by atoms with van der Waals surface area (Å²) in [5.74, 6) is 0.588. The number of anilines is 1. The molecule has 0 aliphatic rings. The molecule has 0 atom stereocenters. The molecule has 4 nitrogen and oxygen atoms in total. The van der Waals surface area contributed by atoms with Gasteiger partial charge < -0.3 is 5.32 Å². The second-order valence-electron chi connectivity index (χ2n) is 6.34. The number of hydrogen-bond acceptors (Lipinski definition) is 4. The molecule has 6 heteroatoms. The summed E-state index contributed by atoms with van der Waals surface area (Å²) in [5, 5.41) is 4.27. The Bertz CT molecular complexity index is 953. The van der Waals surface area contributed by atoms with Crippen LogP contribution in [0.5, 0.6) is 0 Å². The van der Waals surface area contributed by atoms with E-state index in [1.807, 2.05) is 63.2 Å². The van der Waals surface area contributed by atoms with Crippen LogP contribution in [0.25, 0.3) is 0 Å². The van der Waals surface area contributed by atoms with Crippen LogP contribution in [0, 0.1) is 20.8 Å². The molecule has 0 unspecified atom stereocenters. The van der Waals surface area contributed by atoms with E-state index in [0.29, 0.717) is 16.3 Å². The molecule has 3 aromatic rings. The van der Waals surface area contributed by atoms with Crippen LogP contribution in [0.1, 0.15) is 32.9 Å². The number of benzene rings is 2. The van der Waals surface area contributed by atoms with E-state index in [1.165, 1.54) is 0 Å². The second-order valence-corrected chi connectivity index (χ2v) is 7.69. The Hall–Kier alpha value is -2.37. The number of aromatic nitrogens is 2. The Labute approximate surface area is 168 Å². The molecule has 0 saturated heterocycles. The summed E-state index contributed by atoms with van der Waals surface area (Å²) in [4.78, 5) is 21.3. The van der Waals surface area contributed by atoms with Crippen molar-refractivity contribution in [1.82, 2.24) is 9.97 Å². The minimum absolute atomic E-state index is 0.160. The Kier molecular flexibility index (Phi) is 6.14. The van der Waals surface area contributed by atoms with Crippen molar-refractivity contribution in [3.8, 4) is 0 Å². The highest BCUT2D eigenvalue weighted by atomic mass is 35.5. The van der Waals surface area contributed by atoms with E-state index >= 15 is 0 Å². The van der Waals surface area contributed by atoms with Gasteiger partial charge in [-0.2, -0.15) is 0 Å². The molecule has 0 radical (unpaired) electrons. The van der Waals surface area contributed by atoms with Gasteiger partial charge in [0.1, 0.15) is 0 Å². The highest BCUT2D eigenvalue weighted by Crippen LogP contribution is 2.22. The molecular weight excluding hydrogens is 378 g/mol. The maximum Gasteiger partial charge on any atom is 0.255 e. The van der Waals surface area contributed by atoms with Gasteiger partial charge in [-0.15, -0.1) is 0 Å². The monoisotopic (exact) mass is 397 g/mol. The molecule has 0 saturated carbocycles. The first-order chi connectivity index (χ1) is 12.9. The van der Waals surface area contributed by atoms with Gasteiger partial charge in [0.25, 0.3) is 5.91 Å². The topological polar surface area (TPSA) is 54.9 Å².